The third-order valence-electron chi connectivity index (χ3n) is 5.35. The molecule has 1 N–H and O–H groups in total. The summed E-state index contributed by atoms with van der Waals surface area (Å²) >= 11 is 0. The lowest BCUT2D eigenvalue weighted by Crippen LogP contribution is -2.25. The number of nitrogens with zero attached hydrogens (tertiary/aromatic N) is 5. The van der Waals surface area contributed by atoms with E-state index in [-0.39, 0.29) is 11.3 Å². The first-order valence-electron chi connectivity index (χ1n) is 9.79. The SMILES string of the molecule is O=c1c2cc(O)ccc2n2c(N3CCCC3)nnc2n1CC=Cc1ccccc1. The van der Waals surface area contributed by atoms with Crippen molar-refractivity contribution in [2.45, 2.75) is 19.4 Å². The molecule has 2 aromatic carbocycles. The zero-order valence-electron chi connectivity index (χ0n) is 15.9. The Morgan fingerprint density at radius 2 is 1.83 bits per heavy atom. The Labute approximate surface area is 167 Å². The lowest BCUT2D eigenvalue weighted by Gasteiger charge is -2.16. The number of aromatic hydroxyl groups is 1. The van der Waals surface area contributed by atoms with Gasteiger partial charge in [-0.3, -0.25) is 9.36 Å². The van der Waals surface area contributed by atoms with Crippen LogP contribution in [0.3, 0.4) is 0 Å². The van der Waals surface area contributed by atoms with Crippen molar-refractivity contribution in [2.75, 3.05) is 18.0 Å². The smallest absolute Gasteiger partial charge is 0.263 e. The molecular weight excluding hydrogens is 366 g/mol. The fourth-order valence-corrected chi connectivity index (χ4v) is 3.93. The van der Waals surface area contributed by atoms with Gasteiger partial charge in [-0.1, -0.05) is 42.5 Å². The number of rotatable bonds is 4. The lowest BCUT2D eigenvalue weighted by atomic mass is 10.2. The minimum Gasteiger partial charge on any atom is -0.508 e. The van der Waals surface area contributed by atoms with E-state index in [1.165, 1.54) is 6.07 Å². The second-order valence-electron chi connectivity index (χ2n) is 7.26. The van der Waals surface area contributed by atoms with Gasteiger partial charge in [0, 0.05) is 19.6 Å². The van der Waals surface area contributed by atoms with Crippen LogP contribution in [0, 0.1) is 0 Å². The number of anilines is 1. The summed E-state index contributed by atoms with van der Waals surface area (Å²) in [6.07, 6.45) is 6.16. The van der Waals surface area contributed by atoms with Crippen LogP contribution in [0.2, 0.25) is 0 Å². The first-order valence-corrected chi connectivity index (χ1v) is 9.79. The highest BCUT2D eigenvalue weighted by Gasteiger charge is 2.22. The van der Waals surface area contributed by atoms with Crippen molar-refractivity contribution in [1.82, 2.24) is 19.2 Å². The van der Waals surface area contributed by atoms with Crippen molar-refractivity contribution in [2.24, 2.45) is 0 Å². The van der Waals surface area contributed by atoms with E-state index in [0.29, 0.717) is 23.2 Å². The fourth-order valence-electron chi connectivity index (χ4n) is 3.93. The molecule has 7 nitrogen and oxygen atoms in total. The summed E-state index contributed by atoms with van der Waals surface area (Å²) in [6.45, 7) is 2.21. The molecule has 0 saturated carbocycles. The summed E-state index contributed by atoms with van der Waals surface area (Å²) < 4.78 is 3.53. The van der Waals surface area contributed by atoms with Crippen LogP contribution in [0.4, 0.5) is 5.95 Å². The predicted molar refractivity (Wildman–Crippen MR) is 113 cm³/mol. The molecule has 0 bridgehead atoms. The molecule has 3 heterocycles. The lowest BCUT2D eigenvalue weighted by molar-refractivity contribution is 0.476. The number of fused-ring (bicyclic) bond motifs is 3. The van der Waals surface area contributed by atoms with Crippen LogP contribution in [0.15, 0.2) is 59.4 Å². The van der Waals surface area contributed by atoms with Crippen LogP contribution < -0.4 is 10.5 Å². The van der Waals surface area contributed by atoms with Gasteiger partial charge in [0.1, 0.15) is 5.75 Å². The van der Waals surface area contributed by atoms with Gasteiger partial charge in [0.15, 0.2) is 0 Å². The Hall–Kier alpha value is -3.61. The molecule has 1 saturated heterocycles. The number of benzene rings is 2. The molecule has 0 unspecified atom stereocenters. The van der Waals surface area contributed by atoms with Gasteiger partial charge < -0.3 is 10.0 Å². The van der Waals surface area contributed by atoms with Crippen molar-refractivity contribution in [1.29, 1.82) is 0 Å². The minimum absolute atomic E-state index is 0.0659. The van der Waals surface area contributed by atoms with Crippen molar-refractivity contribution < 1.29 is 5.11 Å². The van der Waals surface area contributed by atoms with Crippen LogP contribution in [0.5, 0.6) is 5.75 Å². The van der Waals surface area contributed by atoms with E-state index in [4.69, 9.17) is 0 Å². The molecule has 0 atom stereocenters. The maximum Gasteiger partial charge on any atom is 0.263 e. The summed E-state index contributed by atoms with van der Waals surface area (Å²) in [5.41, 5.74) is 1.58. The number of allylic oxidation sites excluding steroid dienone is 1. The summed E-state index contributed by atoms with van der Waals surface area (Å²) in [4.78, 5) is 15.4. The van der Waals surface area contributed by atoms with Crippen LogP contribution in [-0.4, -0.2) is 37.4 Å². The third kappa shape index (κ3) is 3.04. The van der Waals surface area contributed by atoms with Crippen LogP contribution in [0.1, 0.15) is 18.4 Å². The first-order chi connectivity index (χ1) is 14.2. The Kier molecular flexibility index (Phi) is 4.27. The summed E-state index contributed by atoms with van der Waals surface area (Å²) in [7, 11) is 0. The largest absolute Gasteiger partial charge is 0.508 e. The molecule has 0 spiro atoms. The molecule has 0 radical (unpaired) electrons. The third-order valence-corrected chi connectivity index (χ3v) is 5.35. The number of aromatic nitrogens is 4. The van der Waals surface area contributed by atoms with E-state index < -0.39 is 0 Å². The maximum absolute atomic E-state index is 13.2. The van der Waals surface area contributed by atoms with E-state index in [1.54, 1.807) is 16.7 Å². The van der Waals surface area contributed by atoms with Crippen molar-refractivity contribution >= 4 is 28.7 Å². The van der Waals surface area contributed by atoms with E-state index >= 15 is 0 Å². The highest BCUT2D eigenvalue weighted by molar-refractivity contribution is 5.83. The monoisotopic (exact) mass is 387 g/mol. The van der Waals surface area contributed by atoms with E-state index in [1.807, 2.05) is 46.9 Å². The van der Waals surface area contributed by atoms with Gasteiger partial charge in [-0.15, -0.1) is 10.2 Å². The van der Waals surface area contributed by atoms with E-state index in [2.05, 4.69) is 15.1 Å². The molecule has 1 aliphatic heterocycles. The Morgan fingerprint density at radius 3 is 2.62 bits per heavy atom. The molecular formula is C22H21N5O2. The highest BCUT2D eigenvalue weighted by Crippen LogP contribution is 2.25. The Morgan fingerprint density at radius 1 is 1.03 bits per heavy atom. The first kappa shape index (κ1) is 17.5. The van der Waals surface area contributed by atoms with Gasteiger partial charge in [-0.05, 0) is 36.6 Å². The van der Waals surface area contributed by atoms with Gasteiger partial charge in [-0.25, -0.2) is 4.40 Å². The van der Waals surface area contributed by atoms with Crippen molar-refractivity contribution in [3.8, 4) is 5.75 Å². The minimum atomic E-state index is -0.193. The number of phenolic OH excluding ortho intramolecular Hbond substituents is 1. The second-order valence-corrected chi connectivity index (χ2v) is 7.26. The number of hydrogen-bond donors (Lipinski definition) is 1. The average molecular weight is 387 g/mol. The quantitative estimate of drug-likeness (QED) is 0.582. The zero-order valence-corrected chi connectivity index (χ0v) is 15.9. The average Bonchev–Trinajstić information content (AvgIpc) is 3.41. The van der Waals surface area contributed by atoms with Crippen molar-refractivity contribution in [3.05, 3.63) is 70.5 Å². The second kappa shape index (κ2) is 7.09. The van der Waals surface area contributed by atoms with Gasteiger partial charge in [0.05, 0.1) is 10.9 Å². The zero-order chi connectivity index (χ0) is 19.8. The molecule has 1 fully saturated rings. The molecule has 1 aliphatic rings. The Balaban J connectivity index is 1.68. The molecule has 2 aromatic heterocycles. The predicted octanol–water partition coefficient (Wildman–Crippen LogP) is 3.06. The van der Waals surface area contributed by atoms with Crippen LogP contribution in [0.25, 0.3) is 22.8 Å². The fraction of sp³-hybridized carbons (Fsp3) is 0.227. The van der Waals surface area contributed by atoms with Gasteiger partial charge >= 0.3 is 0 Å². The molecule has 7 heteroatoms. The summed E-state index contributed by atoms with van der Waals surface area (Å²) in [6, 6.07) is 14.8. The molecule has 29 heavy (non-hydrogen) atoms. The van der Waals surface area contributed by atoms with E-state index in [0.717, 1.165) is 37.4 Å². The van der Waals surface area contributed by atoms with Crippen LogP contribution in [-0.2, 0) is 6.54 Å². The topological polar surface area (TPSA) is 75.7 Å². The van der Waals surface area contributed by atoms with Crippen molar-refractivity contribution in [3.63, 3.8) is 0 Å². The molecule has 4 aromatic rings. The molecule has 0 aliphatic carbocycles. The van der Waals surface area contributed by atoms with Gasteiger partial charge in [0.25, 0.3) is 5.56 Å². The normalized spacial score (nSPS) is 14.6. The number of phenols is 1. The van der Waals surface area contributed by atoms with E-state index in [9.17, 15) is 9.90 Å². The molecule has 146 valence electrons. The number of hydrogen-bond acceptors (Lipinski definition) is 5. The van der Waals surface area contributed by atoms with Gasteiger partial charge in [-0.2, -0.15) is 0 Å². The van der Waals surface area contributed by atoms with Crippen LogP contribution >= 0.6 is 0 Å². The standard InChI is InChI=1S/C22H21N5O2/c28-17-10-11-19-18(15-17)20(29)26(14-6-9-16-7-2-1-3-8-16)22-24-23-21(27(19)22)25-12-4-5-13-25/h1-3,6-11,15,28H,4-5,12-14H2. The molecule has 0 amide bonds. The Bertz CT molecular complexity index is 1270. The highest BCUT2D eigenvalue weighted by atomic mass is 16.3. The molecule has 5 rings (SSSR count). The summed E-state index contributed by atoms with van der Waals surface area (Å²) in [5.74, 6) is 1.32. The summed E-state index contributed by atoms with van der Waals surface area (Å²) in [5, 5.41) is 19.2. The maximum atomic E-state index is 13.2. The van der Waals surface area contributed by atoms with Gasteiger partial charge in [0.2, 0.25) is 11.7 Å².